The van der Waals surface area contributed by atoms with Crippen molar-refractivity contribution in [3.8, 4) is 0 Å². The first-order valence-electron chi connectivity index (χ1n) is 5.63. The summed E-state index contributed by atoms with van der Waals surface area (Å²) in [7, 11) is 0. The molecule has 1 N–H and O–H groups in total. The highest BCUT2D eigenvalue weighted by Gasteiger charge is 2.35. The lowest BCUT2D eigenvalue weighted by Gasteiger charge is -2.32. The molecular formula is C12H10F2N2O2S2. The first-order valence-corrected chi connectivity index (χ1v) is 7.02. The molecule has 1 aromatic carbocycles. The standard InChI is InChI=1S/C12H10F2N2O2S2/c1-6(17)15-9-5-20-12(19)16(11(9)18)10-4-7(13)2-3-8(10)14/h2-4,9H,5H2,1H3,(H,15,17). The Morgan fingerprint density at radius 3 is 2.85 bits per heavy atom. The Balaban J connectivity index is 2.37. The maximum Gasteiger partial charge on any atom is 0.256 e. The summed E-state index contributed by atoms with van der Waals surface area (Å²) in [4.78, 5) is 24.2. The first-order chi connectivity index (χ1) is 9.40. The summed E-state index contributed by atoms with van der Waals surface area (Å²) in [5.74, 6) is -2.12. The van der Waals surface area contributed by atoms with Gasteiger partial charge in [-0.2, -0.15) is 0 Å². The molecule has 1 aliphatic heterocycles. The number of thiocarbonyl (C=S) groups is 1. The van der Waals surface area contributed by atoms with Crippen LogP contribution in [0.1, 0.15) is 6.92 Å². The second-order valence-electron chi connectivity index (χ2n) is 4.10. The predicted octanol–water partition coefficient (Wildman–Crippen LogP) is 1.83. The highest BCUT2D eigenvalue weighted by molar-refractivity contribution is 8.23. The van der Waals surface area contributed by atoms with Crippen LogP contribution in [0.4, 0.5) is 14.5 Å². The van der Waals surface area contributed by atoms with E-state index in [1.807, 2.05) is 0 Å². The third-order valence-electron chi connectivity index (χ3n) is 2.60. The molecule has 2 amide bonds. The van der Waals surface area contributed by atoms with E-state index in [2.05, 4.69) is 5.32 Å². The van der Waals surface area contributed by atoms with Gasteiger partial charge in [0.15, 0.2) is 0 Å². The Labute approximate surface area is 123 Å². The quantitative estimate of drug-likeness (QED) is 0.846. The molecule has 0 spiro atoms. The smallest absolute Gasteiger partial charge is 0.256 e. The highest BCUT2D eigenvalue weighted by atomic mass is 32.2. The van der Waals surface area contributed by atoms with Gasteiger partial charge in [0.1, 0.15) is 22.0 Å². The number of amides is 2. The molecule has 0 saturated carbocycles. The molecule has 1 fully saturated rings. The molecule has 8 heteroatoms. The lowest BCUT2D eigenvalue weighted by Crippen LogP contribution is -2.54. The van der Waals surface area contributed by atoms with E-state index in [0.29, 0.717) is 0 Å². The van der Waals surface area contributed by atoms with Crippen molar-refractivity contribution in [2.75, 3.05) is 10.7 Å². The number of nitrogens with one attached hydrogen (secondary N) is 1. The molecule has 1 saturated heterocycles. The van der Waals surface area contributed by atoms with Crippen LogP contribution in [0.25, 0.3) is 0 Å². The van der Waals surface area contributed by atoms with Gasteiger partial charge in [0, 0.05) is 18.7 Å². The Morgan fingerprint density at radius 1 is 1.50 bits per heavy atom. The van der Waals surface area contributed by atoms with Crippen LogP contribution in [0.2, 0.25) is 0 Å². The molecule has 1 aromatic rings. The largest absolute Gasteiger partial charge is 0.344 e. The molecule has 1 unspecified atom stereocenters. The van der Waals surface area contributed by atoms with Gasteiger partial charge < -0.3 is 5.32 Å². The van der Waals surface area contributed by atoms with Crippen LogP contribution in [0.3, 0.4) is 0 Å². The van der Waals surface area contributed by atoms with E-state index in [9.17, 15) is 18.4 Å². The maximum atomic E-state index is 13.8. The number of carbonyl (C=O) groups is 2. The van der Waals surface area contributed by atoms with E-state index in [-0.39, 0.29) is 21.7 Å². The Morgan fingerprint density at radius 2 is 2.20 bits per heavy atom. The minimum absolute atomic E-state index is 0.126. The summed E-state index contributed by atoms with van der Waals surface area (Å²) >= 11 is 6.14. The molecule has 1 aliphatic rings. The van der Waals surface area contributed by atoms with Gasteiger partial charge in [-0.25, -0.2) is 8.78 Å². The third-order valence-corrected chi connectivity index (χ3v) is 4.07. The zero-order valence-electron chi connectivity index (χ0n) is 10.4. The van der Waals surface area contributed by atoms with Crippen molar-refractivity contribution >= 4 is 45.8 Å². The number of halogens is 2. The topological polar surface area (TPSA) is 49.4 Å². The minimum atomic E-state index is -0.813. The number of carbonyl (C=O) groups excluding carboxylic acids is 2. The molecule has 0 bridgehead atoms. The first kappa shape index (κ1) is 14.9. The molecule has 0 radical (unpaired) electrons. The predicted molar refractivity (Wildman–Crippen MR) is 76.5 cm³/mol. The van der Waals surface area contributed by atoms with Crippen molar-refractivity contribution in [3.05, 3.63) is 29.8 Å². The number of benzene rings is 1. The van der Waals surface area contributed by atoms with Gasteiger partial charge in [0.2, 0.25) is 5.91 Å². The van der Waals surface area contributed by atoms with Gasteiger partial charge in [-0.3, -0.25) is 14.5 Å². The van der Waals surface area contributed by atoms with Crippen molar-refractivity contribution in [3.63, 3.8) is 0 Å². The summed E-state index contributed by atoms with van der Waals surface area (Å²) < 4.78 is 27.1. The van der Waals surface area contributed by atoms with Crippen LogP contribution < -0.4 is 10.2 Å². The lowest BCUT2D eigenvalue weighted by atomic mass is 10.2. The van der Waals surface area contributed by atoms with E-state index in [1.54, 1.807) is 0 Å². The molecule has 0 aliphatic carbocycles. The number of rotatable bonds is 2. The molecule has 106 valence electrons. The van der Waals surface area contributed by atoms with Gasteiger partial charge in [-0.1, -0.05) is 24.0 Å². The molecule has 20 heavy (non-hydrogen) atoms. The molecular weight excluding hydrogens is 306 g/mol. The summed E-state index contributed by atoms with van der Waals surface area (Å²) in [6.07, 6.45) is 0. The second-order valence-corrected chi connectivity index (χ2v) is 5.75. The molecule has 1 heterocycles. The SMILES string of the molecule is CC(=O)NC1CSC(=S)N(c2cc(F)ccc2F)C1=O. The normalized spacial score (nSPS) is 19.1. The molecule has 2 rings (SSSR count). The third kappa shape index (κ3) is 2.96. The van der Waals surface area contributed by atoms with E-state index < -0.39 is 23.6 Å². The summed E-state index contributed by atoms with van der Waals surface area (Å²) in [5.41, 5.74) is -0.248. The number of thioether (sulfide) groups is 1. The average Bonchev–Trinajstić information content (AvgIpc) is 2.37. The number of nitrogens with zero attached hydrogens (tertiary/aromatic N) is 1. The van der Waals surface area contributed by atoms with Crippen molar-refractivity contribution in [2.45, 2.75) is 13.0 Å². The van der Waals surface area contributed by atoms with Gasteiger partial charge in [0.05, 0.1) is 5.69 Å². The number of anilines is 1. The highest BCUT2D eigenvalue weighted by Crippen LogP contribution is 2.29. The van der Waals surface area contributed by atoms with Crippen LogP contribution in [-0.4, -0.2) is 27.9 Å². The van der Waals surface area contributed by atoms with E-state index in [0.717, 1.165) is 34.9 Å². The van der Waals surface area contributed by atoms with Gasteiger partial charge in [0.25, 0.3) is 5.91 Å². The Kier molecular flexibility index (Phi) is 4.34. The molecule has 0 aromatic heterocycles. The maximum absolute atomic E-state index is 13.8. The fourth-order valence-corrected chi connectivity index (χ4v) is 3.00. The number of hydrogen-bond acceptors (Lipinski definition) is 4. The molecule has 1 atom stereocenters. The monoisotopic (exact) mass is 316 g/mol. The lowest BCUT2D eigenvalue weighted by molar-refractivity contribution is -0.125. The summed E-state index contributed by atoms with van der Waals surface area (Å²) in [6.45, 7) is 1.28. The Bertz CT molecular complexity index is 595. The van der Waals surface area contributed by atoms with Crippen molar-refractivity contribution < 1.29 is 18.4 Å². The zero-order valence-corrected chi connectivity index (χ0v) is 12.0. The van der Waals surface area contributed by atoms with Gasteiger partial charge in [-0.05, 0) is 12.1 Å². The van der Waals surface area contributed by atoms with Crippen LogP contribution in [0, 0.1) is 11.6 Å². The van der Waals surface area contributed by atoms with E-state index >= 15 is 0 Å². The Hall–Kier alpha value is -1.54. The zero-order chi connectivity index (χ0) is 14.9. The van der Waals surface area contributed by atoms with Crippen LogP contribution in [0.15, 0.2) is 18.2 Å². The van der Waals surface area contributed by atoms with E-state index in [1.165, 1.54) is 6.92 Å². The van der Waals surface area contributed by atoms with Gasteiger partial charge in [-0.15, -0.1) is 0 Å². The van der Waals surface area contributed by atoms with Crippen molar-refractivity contribution in [2.24, 2.45) is 0 Å². The fourth-order valence-electron chi connectivity index (χ4n) is 1.76. The van der Waals surface area contributed by atoms with Crippen LogP contribution >= 0.6 is 24.0 Å². The van der Waals surface area contributed by atoms with Crippen molar-refractivity contribution in [1.82, 2.24) is 5.32 Å². The fraction of sp³-hybridized carbons (Fsp3) is 0.250. The second kappa shape index (κ2) is 5.84. The van der Waals surface area contributed by atoms with Crippen LogP contribution in [0.5, 0.6) is 0 Å². The van der Waals surface area contributed by atoms with Gasteiger partial charge >= 0.3 is 0 Å². The minimum Gasteiger partial charge on any atom is -0.344 e. The summed E-state index contributed by atoms with van der Waals surface area (Å²) in [6, 6.07) is 1.96. The van der Waals surface area contributed by atoms with Crippen LogP contribution in [-0.2, 0) is 9.59 Å². The number of hydrogen-bond donors (Lipinski definition) is 1. The summed E-state index contributed by atoms with van der Waals surface area (Å²) in [5, 5.41) is 2.46. The average molecular weight is 316 g/mol. The van der Waals surface area contributed by atoms with Crippen molar-refractivity contribution in [1.29, 1.82) is 0 Å². The van der Waals surface area contributed by atoms with E-state index in [4.69, 9.17) is 12.2 Å². The molecule has 4 nitrogen and oxygen atoms in total.